The van der Waals surface area contributed by atoms with Crippen LogP contribution in [0, 0.1) is 0 Å². The molecule has 15 heavy (non-hydrogen) atoms. The molecule has 74 valence electrons. The van der Waals surface area contributed by atoms with Crippen LogP contribution >= 0.6 is 34.0 Å². The van der Waals surface area contributed by atoms with E-state index >= 15 is 0 Å². The summed E-state index contributed by atoms with van der Waals surface area (Å²) in [6.07, 6.45) is 0. The summed E-state index contributed by atoms with van der Waals surface area (Å²) < 4.78 is 0. The Labute approximate surface area is 97.3 Å². The Morgan fingerprint density at radius 1 is 0.867 bits per heavy atom. The molecule has 0 bridgehead atoms. The number of rotatable bonds is 2. The van der Waals surface area contributed by atoms with Crippen molar-refractivity contribution < 1.29 is 0 Å². The molecule has 0 radical (unpaired) electrons. The van der Waals surface area contributed by atoms with Gasteiger partial charge in [-0.15, -0.1) is 31.7 Å². The van der Waals surface area contributed by atoms with E-state index in [1.54, 1.807) is 33.7 Å². The van der Waals surface area contributed by atoms with Gasteiger partial charge in [0.05, 0.1) is 4.88 Å². The quantitative estimate of drug-likeness (QED) is 0.703. The Kier molecular flexibility index (Phi) is 2.28. The predicted molar refractivity (Wildman–Crippen MR) is 62.1 cm³/mol. The van der Waals surface area contributed by atoms with Crippen molar-refractivity contribution in [2.24, 2.45) is 0 Å². The zero-order valence-electron chi connectivity index (χ0n) is 7.32. The number of hydrogen-bond donors (Lipinski definition) is 0. The van der Waals surface area contributed by atoms with Gasteiger partial charge in [-0.3, -0.25) is 0 Å². The molecule has 3 heterocycles. The van der Waals surface area contributed by atoms with Gasteiger partial charge in [-0.05, 0) is 6.07 Å². The molecule has 0 unspecified atom stereocenters. The van der Waals surface area contributed by atoms with Crippen LogP contribution in [0.4, 0.5) is 0 Å². The molecule has 0 aliphatic rings. The minimum absolute atomic E-state index is 0.946. The Morgan fingerprint density at radius 2 is 1.60 bits per heavy atom. The van der Waals surface area contributed by atoms with Gasteiger partial charge in [0.1, 0.15) is 16.0 Å². The van der Waals surface area contributed by atoms with E-state index in [-0.39, 0.29) is 0 Å². The maximum atomic E-state index is 4.03. The van der Waals surface area contributed by atoms with Crippen LogP contribution in [0.2, 0.25) is 0 Å². The SMILES string of the molecule is c1nnc(-c2csc(-c3nncs3)c2)s1. The molecule has 0 atom stereocenters. The summed E-state index contributed by atoms with van der Waals surface area (Å²) in [6, 6.07) is 2.08. The van der Waals surface area contributed by atoms with E-state index in [1.165, 1.54) is 11.3 Å². The van der Waals surface area contributed by atoms with Crippen LogP contribution in [-0.2, 0) is 0 Å². The number of aromatic nitrogens is 4. The summed E-state index contributed by atoms with van der Waals surface area (Å²) in [5.41, 5.74) is 4.57. The molecule has 0 N–H and O–H groups in total. The van der Waals surface area contributed by atoms with Crippen molar-refractivity contribution in [1.82, 2.24) is 20.4 Å². The van der Waals surface area contributed by atoms with E-state index in [4.69, 9.17) is 0 Å². The lowest BCUT2D eigenvalue weighted by atomic mass is 10.3. The third-order valence-electron chi connectivity index (χ3n) is 1.78. The van der Waals surface area contributed by atoms with Gasteiger partial charge in [0.15, 0.2) is 5.01 Å². The van der Waals surface area contributed by atoms with Crippen molar-refractivity contribution >= 4 is 34.0 Å². The summed E-state index contributed by atoms with van der Waals surface area (Å²) >= 11 is 4.73. The summed E-state index contributed by atoms with van der Waals surface area (Å²) in [7, 11) is 0. The fraction of sp³-hybridized carbons (Fsp3) is 0. The second kappa shape index (κ2) is 3.76. The van der Waals surface area contributed by atoms with E-state index in [0.29, 0.717) is 0 Å². The zero-order valence-corrected chi connectivity index (χ0v) is 9.77. The highest BCUT2D eigenvalue weighted by Gasteiger charge is 2.08. The average molecular weight is 252 g/mol. The largest absolute Gasteiger partial charge is 0.157 e. The van der Waals surface area contributed by atoms with Gasteiger partial charge >= 0.3 is 0 Å². The highest BCUT2D eigenvalue weighted by Crippen LogP contribution is 2.33. The Morgan fingerprint density at radius 3 is 2.27 bits per heavy atom. The van der Waals surface area contributed by atoms with Crippen LogP contribution in [-0.4, -0.2) is 20.4 Å². The number of hydrogen-bond acceptors (Lipinski definition) is 7. The number of nitrogens with zero attached hydrogens (tertiary/aromatic N) is 4. The van der Waals surface area contributed by atoms with Crippen LogP contribution in [0.3, 0.4) is 0 Å². The highest BCUT2D eigenvalue weighted by molar-refractivity contribution is 7.20. The summed E-state index contributed by atoms with van der Waals surface area (Å²) in [4.78, 5) is 1.13. The molecular weight excluding hydrogens is 248 g/mol. The molecule has 3 rings (SSSR count). The van der Waals surface area contributed by atoms with Crippen molar-refractivity contribution in [2.45, 2.75) is 0 Å². The molecule has 0 saturated heterocycles. The average Bonchev–Trinajstić information content (AvgIpc) is 3.02. The van der Waals surface area contributed by atoms with Gasteiger partial charge in [0, 0.05) is 10.9 Å². The first-order valence-corrected chi connectivity index (χ1v) is 6.69. The van der Waals surface area contributed by atoms with Crippen LogP contribution in [0.1, 0.15) is 0 Å². The number of thiophene rings is 1. The van der Waals surface area contributed by atoms with Crippen LogP contribution in [0.15, 0.2) is 22.5 Å². The maximum absolute atomic E-state index is 4.03. The zero-order chi connectivity index (χ0) is 10.1. The maximum Gasteiger partial charge on any atom is 0.157 e. The predicted octanol–water partition coefficient (Wildman–Crippen LogP) is 2.79. The van der Waals surface area contributed by atoms with Crippen molar-refractivity contribution in [3.8, 4) is 20.5 Å². The Bertz CT molecular complexity index is 491. The molecule has 0 aliphatic carbocycles. The van der Waals surface area contributed by atoms with Gasteiger partial charge in [0.25, 0.3) is 0 Å². The van der Waals surface area contributed by atoms with Crippen LogP contribution < -0.4 is 0 Å². The normalized spacial score (nSPS) is 10.7. The highest BCUT2D eigenvalue weighted by atomic mass is 32.1. The van der Waals surface area contributed by atoms with Gasteiger partial charge < -0.3 is 0 Å². The molecular formula is C8H4N4S3. The van der Waals surface area contributed by atoms with Gasteiger partial charge in [-0.2, -0.15) is 0 Å². The van der Waals surface area contributed by atoms with Crippen molar-refractivity contribution in [2.75, 3.05) is 0 Å². The van der Waals surface area contributed by atoms with E-state index in [2.05, 4.69) is 31.8 Å². The van der Waals surface area contributed by atoms with Crippen molar-refractivity contribution in [3.05, 3.63) is 22.5 Å². The summed E-state index contributed by atoms with van der Waals surface area (Å²) in [5.74, 6) is 0. The van der Waals surface area contributed by atoms with Crippen LogP contribution in [0.5, 0.6) is 0 Å². The van der Waals surface area contributed by atoms with Gasteiger partial charge in [0.2, 0.25) is 0 Å². The van der Waals surface area contributed by atoms with Crippen LogP contribution in [0.25, 0.3) is 20.5 Å². The van der Waals surface area contributed by atoms with Crippen molar-refractivity contribution in [1.29, 1.82) is 0 Å². The lowest BCUT2D eigenvalue weighted by Crippen LogP contribution is -1.72. The van der Waals surface area contributed by atoms with E-state index in [1.807, 2.05) is 0 Å². The van der Waals surface area contributed by atoms with E-state index in [9.17, 15) is 0 Å². The smallest absolute Gasteiger partial charge is 0.147 e. The fourth-order valence-corrected chi connectivity index (χ4v) is 3.28. The second-order valence-electron chi connectivity index (χ2n) is 2.69. The Balaban J connectivity index is 2.02. The monoisotopic (exact) mass is 252 g/mol. The minimum Gasteiger partial charge on any atom is -0.147 e. The van der Waals surface area contributed by atoms with Gasteiger partial charge in [-0.25, -0.2) is 0 Å². The summed E-state index contributed by atoms with van der Waals surface area (Å²) in [5, 5.41) is 19.7. The minimum atomic E-state index is 0.946. The van der Waals surface area contributed by atoms with E-state index in [0.717, 1.165) is 20.5 Å². The molecule has 0 spiro atoms. The van der Waals surface area contributed by atoms with E-state index < -0.39 is 0 Å². The second-order valence-corrected chi connectivity index (χ2v) is 5.27. The molecule has 7 heteroatoms. The first-order valence-electron chi connectivity index (χ1n) is 4.05. The molecule has 0 aromatic carbocycles. The first-order chi connectivity index (χ1) is 7.43. The topological polar surface area (TPSA) is 51.6 Å². The van der Waals surface area contributed by atoms with Gasteiger partial charge in [-0.1, -0.05) is 22.7 Å². The fourth-order valence-electron chi connectivity index (χ4n) is 1.14. The molecule has 4 nitrogen and oxygen atoms in total. The lowest BCUT2D eigenvalue weighted by molar-refractivity contribution is 1.09. The third kappa shape index (κ3) is 1.69. The third-order valence-corrected chi connectivity index (χ3v) is 4.31. The Hall–Kier alpha value is -1.18. The molecule has 0 saturated carbocycles. The standard InChI is InChI=1S/C8H4N4S3/c1-5(7-11-9-3-14-7)2-13-6(1)8-12-10-4-15-8/h1-4H. The molecule has 0 amide bonds. The summed E-state index contributed by atoms with van der Waals surface area (Å²) in [6.45, 7) is 0. The van der Waals surface area contributed by atoms with Crippen molar-refractivity contribution in [3.63, 3.8) is 0 Å². The molecule has 3 aromatic rings. The molecule has 0 fully saturated rings. The lowest BCUT2D eigenvalue weighted by Gasteiger charge is -1.85. The first kappa shape index (κ1) is 9.08. The molecule has 0 aliphatic heterocycles. The molecule has 3 aromatic heterocycles.